The van der Waals surface area contributed by atoms with Crippen LogP contribution in [0.25, 0.3) is 0 Å². The number of aryl methyl sites for hydroxylation is 1. The van der Waals surface area contributed by atoms with Crippen molar-refractivity contribution in [3.63, 3.8) is 0 Å². The monoisotopic (exact) mass is 340 g/mol. The largest absolute Gasteiger partial charge is 0.368 e. The number of hydrogen-bond donors (Lipinski definition) is 3. The van der Waals surface area contributed by atoms with Crippen LogP contribution in [-0.2, 0) is 22.6 Å². The zero-order chi connectivity index (χ0) is 17.9. The van der Waals surface area contributed by atoms with E-state index in [2.05, 4.69) is 27.9 Å². The van der Waals surface area contributed by atoms with E-state index in [1.54, 1.807) is 12.3 Å². The predicted molar refractivity (Wildman–Crippen MR) is 95.1 cm³/mol. The fourth-order valence-electron chi connectivity index (χ4n) is 2.52. The standard InChI is InChI=1S/C19H24N4O2/c1-3-15-5-4-13(11-21-15)12-22-17(24)14-6-9-20-16(10-14)23-18(25)19(2)7-8-19/h4-6,10-11,20H,3,7-9,12H2,1-2H3,(H,22,24)(H,23,25). The molecule has 1 aromatic heterocycles. The van der Waals surface area contributed by atoms with E-state index in [1.807, 2.05) is 25.1 Å². The molecule has 6 nitrogen and oxygen atoms in total. The van der Waals surface area contributed by atoms with Crippen LogP contribution in [0, 0.1) is 5.41 Å². The highest BCUT2D eigenvalue weighted by Gasteiger charge is 2.45. The number of dihydropyridines is 1. The molecule has 1 saturated carbocycles. The molecular formula is C19H24N4O2. The van der Waals surface area contributed by atoms with Crippen molar-refractivity contribution >= 4 is 11.8 Å². The number of carbonyl (C=O) groups is 2. The van der Waals surface area contributed by atoms with Crippen LogP contribution in [0.1, 0.15) is 37.9 Å². The zero-order valence-electron chi connectivity index (χ0n) is 14.7. The van der Waals surface area contributed by atoms with Gasteiger partial charge in [0.2, 0.25) is 5.91 Å². The van der Waals surface area contributed by atoms with E-state index in [0.29, 0.717) is 24.5 Å². The summed E-state index contributed by atoms with van der Waals surface area (Å²) in [6.45, 7) is 4.94. The molecule has 2 aliphatic rings. The maximum absolute atomic E-state index is 12.4. The maximum Gasteiger partial charge on any atom is 0.251 e. The van der Waals surface area contributed by atoms with E-state index in [-0.39, 0.29) is 17.2 Å². The van der Waals surface area contributed by atoms with Crippen molar-refractivity contribution in [2.75, 3.05) is 6.54 Å². The predicted octanol–water partition coefficient (Wildman–Crippen LogP) is 1.55. The van der Waals surface area contributed by atoms with Crippen molar-refractivity contribution in [2.45, 2.75) is 39.7 Å². The Morgan fingerprint density at radius 1 is 1.32 bits per heavy atom. The Balaban J connectivity index is 1.55. The molecule has 6 heteroatoms. The van der Waals surface area contributed by atoms with Gasteiger partial charge in [0.25, 0.3) is 5.91 Å². The first-order valence-electron chi connectivity index (χ1n) is 8.69. The van der Waals surface area contributed by atoms with Crippen molar-refractivity contribution in [1.82, 2.24) is 20.9 Å². The van der Waals surface area contributed by atoms with E-state index >= 15 is 0 Å². The fraction of sp³-hybridized carbons (Fsp3) is 0.421. The normalized spacial score (nSPS) is 17.7. The van der Waals surface area contributed by atoms with Crippen LogP contribution in [0.4, 0.5) is 0 Å². The molecule has 0 bridgehead atoms. The minimum atomic E-state index is -0.246. The smallest absolute Gasteiger partial charge is 0.251 e. The van der Waals surface area contributed by atoms with Gasteiger partial charge in [0.15, 0.2) is 0 Å². The molecule has 2 heterocycles. The van der Waals surface area contributed by atoms with Gasteiger partial charge < -0.3 is 16.0 Å². The lowest BCUT2D eigenvalue weighted by Crippen LogP contribution is -2.38. The maximum atomic E-state index is 12.4. The van der Waals surface area contributed by atoms with E-state index in [0.717, 1.165) is 30.5 Å². The summed E-state index contributed by atoms with van der Waals surface area (Å²) in [6.07, 6.45) is 8.00. The molecule has 3 N–H and O–H groups in total. The van der Waals surface area contributed by atoms with Gasteiger partial charge in [-0.25, -0.2) is 0 Å². The molecule has 1 aliphatic heterocycles. The Hall–Kier alpha value is -2.63. The van der Waals surface area contributed by atoms with Crippen LogP contribution in [0.2, 0.25) is 0 Å². The first kappa shape index (κ1) is 17.2. The average Bonchev–Trinajstić information content (AvgIpc) is 3.39. The molecule has 0 saturated heterocycles. The van der Waals surface area contributed by atoms with Crippen molar-refractivity contribution in [3.8, 4) is 0 Å². The third kappa shape index (κ3) is 4.26. The first-order valence-corrected chi connectivity index (χ1v) is 8.69. The third-order valence-electron chi connectivity index (χ3n) is 4.67. The summed E-state index contributed by atoms with van der Waals surface area (Å²) in [4.78, 5) is 28.8. The minimum Gasteiger partial charge on any atom is -0.368 e. The van der Waals surface area contributed by atoms with Crippen LogP contribution in [0.5, 0.6) is 0 Å². The van der Waals surface area contributed by atoms with E-state index in [1.165, 1.54) is 0 Å². The summed E-state index contributed by atoms with van der Waals surface area (Å²) >= 11 is 0. The second-order valence-corrected chi connectivity index (χ2v) is 6.81. The quantitative estimate of drug-likeness (QED) is 0.734. The number of rotatable bonds is 6. The lowest BCUT2D eigenvalue weighted by atomic mass is 10.1. The Bertz CT molecular complexity index is 730. The summed E-state index contributed by atoms with van der Waals surface area (Å²) in [5, 5.41) is 8.85. The molecule has 0 spiro atoms. The van der Waals surface area contributed by atoms with Gasteiger partial charge in [-0.2, -0.15) is 0 Å². The van der Waals surface area contributed by atoms with E-state index in [4.69, 9.17) is 0 Å². The number of nitrogens with one attached hydrogen (secondary N) is 3. The van der Waals surface area contributed by atoms with Crippen LogP contribution < -0.4 is 16.0 Å². The lowest BCUT2D eigenvalue weighted by molar-refractivity contribution is -0.125. The Kier molecular flexibility index (Phi) is 4.88. The lowest BCUT2D eigenvalue weighted by Gasteiger charge is -2.18. The van der Waals surface area contributed by atoms with Crippen molar-refractivity contribution in [2.24, 2.45) is 5.41 Å². The fourth-order valence-corrected chi connectivity index (χ4v) is 2.52. The molecule has 0 atom stereocenters. The van der Waals surface area contributed by atoms with Gasteiger partial charge >= 0.3 is 0 Å². The van der Waals surface area contributed by atoms with Crippen LogP contribution >= 0.6 is 0 Å². The molecule has 2 amide bonds. The van der Waals surface area contributed by atoms with Gasteiger partial charge in [-0.1, -0.05) is 26.0 Å². The van der Waals surface area contributed by atoms with E-state index < -0.39 is 0 Å². The summed E-state index contributed by atoms with van der Waals surface area (Å²) in [5.41, 5.74) is 2.29. The number of pyridine rings is 1. The molecule has 25 heavy (non-hydrogen) atoms. The Labute approximate surface area is 147 Å². The topological polar surface area (TPSA) is 83.1 Å². The van der Waals surface area contributed by atoms with Crippen molar-refractivity contribution in [1.29, 1.82) is 0 Å². The van der Waals surface area contributed by atoms with Crippen LogP contribution in [0.15, 0.2) is 41.9 Å². The van der Waals surface area contributed by atoms with Gasteiger partial charge in [0.1, 0.15) is 5.82 Å². The molecule has 0 unspecified atom stereocenters. The molecule has 132 valence electrons. The van der Waals surface area contributed by atoms with Crippen LogP contribution in [-0.4, -0.2) is 23.3 Å². The highest BCUT2D eigenvalue weighted by atomic mass is 16.2. The van der Waals surface area contributed by atoms with Gasteiger partial charge in [-0.15, -0.1) is 0 Å². The highest BCUT2D eigenvalue weighted by molar-refractivity contribution is 5.97. The Morgan fingerprint density at radius 3 is 2.76 bits per heavy atom. The summed E-state index contributed by atoms with van der Waals surface area (Å²) in [5.74, 6) is 0.431. The SMILES string of the molecule is CCc1ccc(CNC(=O)C2=CCNC(NC(=O)C3(C)CC3)=C2)cn1. The third-order valence-corrected chi connectivity index (χ3v) is 4.67. The second-order valence-electron chi connectivity index (χ2n) is 6.81. The molecule has 0 aromatic carbocycles. The van der Waals surface area contributed by atoms with Gasteiger partial charge in [0.05, 0.1) is 0 Å². The van der Waals surface area contributed by atoms with E-state index in [9.17, 15) is 9.59 Å². The van der Waals surface area contributed by atoms with Gasteiger partial charge in [-0.05, 0) is 37.0 Å². The molecule has 1 aromatic rings. The number of amides is 2. The minimum absolute atomic E-state index is 0.00926. The average molecular weight is 340 g/mol. The van der Waals surface area contributed by atoms with Crippen molar-refractivity contribution in [3.05, 3.63) is 53.1 Å². The summed E-state index contributed by atoms with van der Waals surface area (Å²) < 4.78 is 0. The zero-order valence-corrected chi connectivity index (χ0v) is 14.7. The number of hydrogen-bond acceptors (Lipinski definition) is 4. The number of aromatic nitrogens is 1. The summed E-state index contributed by atoms with van der Waals surface area (Å²) in [6, 6.07) is 3.94. The van der Waals surface area contributed by atoms with Gasteiger partial charge in [0, 0.05) is 36.0 Å². The highest BCUT2D eigenvalue weighted by Crippen LogP contribution is 2.45. The molecule has 1 aliphatic carbocycles. The molecule has 3 rings (SSSR count). The van der Waals surface area contributed by atoms with Crippen LogP contribution in [0.3, 0.4) is 0 Å². The summed E-state index contributed by atoms with van der Waals surface area (Å²) in [7, 11) is 0. The van der Waals surface area contributed by atoms with Crippen molar-refractivity contribution < 1.29 is 9.59 Å². The molecular weight excluding hydrogens is 316 g/mol. The molecule has 1 fully saturated rings. The second kappa shape index (κ2) is 7.09. The first-order chi connectivity index (χ1) is 12.0. The molecule has 0 radical (unpaired) electrons. The number of carbonyl (C=O) groups excluding carboxylic acids is 2. The Morgan fingerprint density at radius 2 is 2.12 bits per heavy atom. The van der Waals surface area contributed by atoms with Gasteiger partial charge in [-0.3, -0.25) is 14.6 Å². The number of nitrogens with zero attached hydrogens (tertiary/aromatic N) is 1.